The molecule has 106 valence electrons. The highest BCUT2D eigenvalue weighted by Crippen LogP contribution is 2.19. The van der Waals surface area contributed by atoms with Gasteiger partial charge in [-0.15, -0.1) is 0 Å². The summed E-state index contributed by atoms with van der Waals surface area (Å²) < 4.78 is 0. The third-order valence-electron chi connectivity index (χ3n) is 3.56. The summed E-state index contributed by atoms with van der Waals surface area (Å²) in [6.45, 7) is 8.59. The Morgan fingerprint density at radius 1 is 1.26 bits per heavy atom. The second-order valence-corrected chi connectivity index (χ2v) is 5.27. The highest BCUT2D eigenvalue weighted by molar-refractivity contribution is 6.30. The molecule has 0 spiro atoms. The van der Waals surface area contributed by atoms with Crippen LogP contribution in [0.2, 0.25) is 5.15 Å². The van der Waals surface area contributed by atoms with Gasteiger partial charge in [0.2, 0.25) is 0 Å². The molecule has 0 aliphatic carbocycles. The lowest BCUT2D eigenvalue weighted by atomic mass is 10.2. The molecule has 2 heterocycles. The van der Waals surface area contributed by atoms with Crippen LogP contribution in [0, 0.1) is 0 Å². The molecule has 1 saturated heterocycles. The largest absolute Gasteiger partial charge is 0.368 e. The molecule has 2 rings (SSSR count). The molecule has 0 aromatic carbocycles. The van der Waals surface area contributed by atoms with E-state index in [1.165, 1.54) is 6.33 Å². The van der Waals surface area contributed by atoms with E-state index < -0.39 is 0 Å². The van der Waals surface area contributed by atoms with E-state index in [0.29, 0.717) is 5.15 Å². The minimum absolute atomic E-state index is 0.555. The van der Waals surface area contributed by atoms with E-state index in [-0.39, 0.29) is 0 Å². The van der Waals surface area contributed by atoms with E-state index in [9.17, 15) is 0 Å². The van der Waals surface area contributed by atoms with E-state index in [1.807, 2.05) is 0 Å². The van der Waals surface area contributed by atoms with Crippen molar-refractivity contribution < 1.29 is 0 Å². The summed E-state index contributed by atoms with van der Waals surface area (Å²) in [5, 5.41) is 3.93. The van der Waals surface area contributed by atoms with Gasteiger partial charge >= 0.3 is 0 Å². The first-order valence-corrected chi connectivity index (χ1v) is 7.22. The number of piperazine rings is 1. The Balaban J connectivity index is 1.81. The number of nitrogens with zero attached hydrogens (tertiary/aromatic N) is 4. The topological polar surface area (TPSA) is 44.3 Å². The average Bonchev–Trinajstić information content (AvgIpc) is 2.41. The zero-order valence-corrected chi connectivity index (χ0v) is 12.4. The number of hydrogen-bond acceptors (Lipinski definition) is 5. The second kappa shape index (κ2) is 7.03. The lowest BCUT2D eigenvalue weighted by Gasteiger charge is -2.32. The predicted molar refractivity (Wildman–Crippen MR) is 78.8 cm³/mol. The number of aromatic nitrogens is 2. The van der Waals surface area contributed by atoms with Crippen LogP contribution in [0.4, 0.5) is 5.82 Å². The van der Waals surface area contributed by atoms with Crippen LogP contribution in [0.5, 0.6) is 0 Å². The van der Waals surface area contributed by atoms with Crippen LogP contribution in [-0.4, -0.2) is 66.1 Å². The maximum absolute atomic E-state index is 6.07. The molecule has 0 saturated carbocycles. The van der Waals surface area contributed by atoms with Gasteiger partial charge in [-0.1, -0.05) is 18.5 Å². The molecule has 1 N–H and O–H groups in total. The fourth-order valence-electron chi connectivity index (χ4n) is 2.26. The number of likely N-dealkylation sites (N-methyl/N-ethyl adjacent to an activating group) is 1. The highest BCUT2D eigenvalue weighted by Gasteiger charge is 2.13. The summed E-state index contributed by atoms with van der Waals surface area (Å²) in [6, 6.07) is 0. The lowest BCUT2D eigenvalue weighted by molar-refractivity contribution is 0.158. The number of halogens is 1. The third kappa shape index (κ3) is 4.03. The smallest absolute Gasteiger partial charge is 0.137 e. The first kappa shape index (κ1) is 14.5. The monoisotopic (exact) mass is 283 g/mol. The summed E-state index contributed by atoms with van der Waals surface area (Å²) in [7, 11) is 2.17. The fraction of sp³-hybridized carbons (Fsp3) is 0.692. The second-order valence-electron chi connectivity index (χ2n) is 4.92. The van der Waals surface area contributed by atoms with Gasteiger partial charge in [0.05, 0.1) is 0 Å². The summed E-state index contributed by atoms with van der Waals surface area (Å²) in [4.78, 5) is 13.1. The number of anilines is 1. The molecule has 1 aliphatic rings. The molecule has 0 amide bonds. The molecule has 0 unspecified atom stereocenters. The summed E-state index contributed by atoms with van der Waals surface area (Å²) in [6.07, 6.45) is 2.36. The molecule has 1 aliphatic heterocycles. The van der Waals surface area contributed by atoms with E-state index in [1.54, 1.807) is 0 Å². The van der Waals surface area contributed by atoms with Crippen LogP contribution in [0.3, 0.4) is 0 Å². The van der Waals surface area contributed by atoms with E-state index in [0.717, 1.165) is 57.1 Å². The maximum atomic E-state index is 6.07. The predicted octanol–water partition coefficient (Wildman–Crippen LogP) is 1.35. The van der Waals surface area contributed by atoms with Crippen molar-refractivity contribution in [3.05, 3.63) is 17.0 Å². The number of nitrogens with one attached hydrogen (secondary N) is 1. The van der Waals surface area contributed by atoms with Crippen LogP contribution in [0.1, 0.15) is 12.5 Å². The van der Waals surface area contributed by atoms with Crippen molar-refractivity contribution in [1.82, 2.24) is 19.8 Å². The molecule has 0 radical (unpaired) electrons. The minimum Gasteiger partial charge on any atom is -0.368 e. The van der Waals surface area contributed by atoms with Crippen molar-refractivity contribution in [2.24, 2.45) is 0 Å². The first-order chi connectivity index (χ1) is 9.20. The Hall–Kier alpha value is -0.910. The van der Waals surface area contributed by atoms with Gasteiger partial charge in [0.15, 0.2) is 0 Å². The van der Waals surface area contributed by atoms with Crippen molar-refractivity contribution in [1.29, 1.82) is 0 Å². The molecular formula is C13H22ClN5. The molecule has 0 bridgehead atoms. The van der Waals surface area contributed by atoms with Crippen molar-refractivity contribution in [2.75, 3.05) is 51.6 Å². The molecule has 19 heavy (non-hydrogen) atoms. The van der Waals surface area contributed by atoms with Crippen LogP contribution in [0.15, 0.2) is 6.33 Å². The Morgan fingerprint density at radius 3 is 2.68 bits per heavy atom. The molecule has 6 heteroatoms. The lowest BCUT2D eigenvalue weighted by Crippen LogP contribution is -2.45. The van der Waals surface area contributed by atoms with Gasteiger partial charge in [-0.3, -0.25) is 4.90 Å². The molecule has 1 aromatic rings. The van der Waals surface area contributed by atoms with Crippen LogP contribution in [0.25, 0.3) is 0 Å². The quantitative estimate of drug-likeness (QED) is 0.827. The molecule has 1 aromatic heterocycles. The SMILES string of the molecule is CCc1c(Cl)ncnc1NCCN1CCN(C)CC1. The van der Waals surface area contributed by atoms with Gasteiger partial charge in [0, 0.05) is 44.8 Å². The van der Waals surface area contributed by atoms with E-state index >= 15 is 0 Å². The molecule has 0 atom stereocenters. The van der Waals surface area contributed by atoms with E-state index in [2.05, 4.69) is 39.1 Å². The summed E-state index contributed by atoms with van der Waals surface area (Å²) in [5.74, 6) is 0.872. The average molecular weight is 284 g/mol. The number of hydrogen-bond donors (Lipinski definition) is 1. The molecule has 1 fully saturated rings. The van der Waals surface area contributed by atoms with Crippen LogP contribution in [-0.2, 0) is 6.42 Å². The van der Waals surface area contributed by atoms with Crippen LogP contribution >= 0.6 is 11.6 Å². The maximum Gasteiger partial charge on any atom is 0.137 e. The zero-order valence-electron chi connectivity index (χ0n) is 11.7. The third-order valence-corrected chi connectivity index (χ3v) is 3.89. The van der Waals surface area contributed by atoms with Gasteiger partial charge in [-0.05, 0) is 13.5 Å². The van der Waals surface area contributed by atoms with Gasteiger partial charge in [0.25, 0.3) is 0 Å². The Labute approximate surface area is 120 Å². The van der Waals surface area contributed by atoms with E-state index in [4.69, 9.17) is 11.6 Å². The fourth-order valence-corrected chi connectivity index (χ4v) is 2.53. The Bertz CT molecular complexity index is 404. The molecular weight excluding hydrogens is 262 g/mol. The van der Waals surface area contributed by atoms with Gasteiger partial charge < -0.3 is 10.2 Å². The normalized spacial score (nSPS) is 17.6. The standard InChI is InChI=1S/C13H22ClN5/c1-3-11-12(14)16-10-17-13(11)15-4-5-19-8-6-18(2)7-9-19/h10H,3-9H2,1-2H3,(H,15,16,17). The van der Waals surface area contributed by atoms with Gasteiger partial charge in [-0.2, -0.15) is 0 Å². The van der Waals surface area contributed by atoms with Crippen molar-refractivity contribution in [3.63, 3.8) is 0 Å². The van der Waals surface area contributed by atoms with Gasteiger partial charge in [0.1, 0.15) is 17.3 Å². The number of rotatable bonds is 5. The summed E-state index contributed by atoms with van der Waals surface area (Å²) in [5.41, 5.74) is 1.00. The summed E-state index contributed by atoms with van der Waals surface area (Å²) >= 11 is 6.07. The minimum atomic E-state index is 0.555. The van der Waals surface area contributed by atoms with Crippen LogP contribution < -0.4 is 5.32 Å². The van der Waals surface area contributed by atoms with Crippen molar-refractivity contribution >= 4 is 17.4 Å². The first-order valence-electron chi connectivity index (χ1n) is 6.85. The van der Waals surface area contributed by atoms with Gasteiger partial charge in [-0.25, -0.2) is 9.97 Å². The molecule has 5 nitrogen and oxygen atoms in total. The zero-order chi connectivity index (χ0) is 13.7. The Kier molecular flexibility index (Phi) is 5.36. The highest BCUT2D eigenvalue weighted by atomic mass is 35.5. The van der Waals surface area contributed by atoms with Crippen molar-refractivity contribution in [3.8, 4) is 0 Å². The Morgan fingerprint density at radius 2 is 2.00 bits per heavy atom. The van der Waals surface area contributed by atoms with Crippen molar-refractivity contribution in [2.45, 2.75) is 13.3 Å².